The van der Waals surface area contributed by atoms with Gasteiger partial charge in [-0.25, -0.2) is 0 Å². The van der Waals surface area contributed by atoms with Crippen LogP contribution in [0.5, 0.6) is 11.5 Å². The van der Waals surface area contributed by atoms with Crippen LogP contribution in [0.15, 0.2) is 72.8 Å². The number of benzene rings is 3. The van der Waals surface area contributed by atoms with Crippen LogP contribution in [-0.4, -0.2) is 26.7 Å². The Kier molecular flexibility index (Phi) is 7.68. The number of carbonyl (C=O) groups excluding carboxylic acids is 1. The zero-order valence-corrected chi connectivity index (χ0v) is 18.6. The summed E-state index contributed by atoms with van der Waals surface area (Å²) in [4.78, 5) is 12.8. The van der Waals surface area contributed by atoms with E-state index in [2.05, 4.69) is 54.0 Å². The minimum atomic E-state index is -0.208. The molecule has 0 aliphatic rings. The predicted molar refractivity (Wildman–Crippen MR) is 122 cm³/mol. The highest BCUT2D eigenvalue weighted by molar-refractivity contribution is 5.77. The Labute approximate surface area is 184 Å². The van der Waals surface area contributed by atoms with Gasteiger partial charge in [0.15, 0.2) is 6.54 Å². The second kappa shape index (κ2) is 10.6. The molecule has 0 aliphatic heterocycles. The lowest BCUT2D eigenvalue weighted by Crippen LogP contribution is -2.87. The van der Waals surface area contributed by atoms with Gasteiger partial charge in [-0.15, -0.1) is 0 Å². The molecule has 0 aliphatic carbocycles. The fourth-order valence-electron chi connectivity index (χ4n) is 3.68. The summed E-state index contributed by atoms with van der Waals surface area (Å²) in [5.74, 6) is 1.41. The highest BCUT2D eigenvalue weighted by Gasteiger charge is 2.21. The zero-order valence-electron chi connectivity index (χ0n) is 18.6. The van der Waals surface area contributed by atoms with Gasteiger partial charge in [0.25, 0.3) is 5.91 Å². The lowest BCUT2D eigenvalue weighted by Gasteiger charge is -2.20. The van der Waals surface area contributed by atoms with Gasteiger partial charge in [-0.05, 0) is 32.0 Å². The number of hydrogen-bond acceptors (Lipinski definition) is 3. The molecular formula is C26H31N2O3+. The van der Waals surface area contributed by atoms with Crippen molar-refractivity contribution in [2.45, 2.75) is 25.9 Å². The Bertz CT molecular complexity index is 987. The number of rotatable bonds is 9. The average molecular weight is 420 g/mol. The SMILES string of the molecule is COc1ccc(OC)c([C@H](C)NC(=O)C[NH2+][C@@H](c2ccccc2)c2ccc(C)cc2)c1. The quantitative estimate of drug-likeness (QED) is 0.558. The number of nitrogens with two attached hydrogens (primary N) is 1. The van der Waals surface area contributed by atoms with E-state index >= 15 is 0 Å². The van der Waals surface area contributed by atoms with Gasteiger partial charge in [0.05, 0.1) is 20.3 Å². The lowest BCUT2D eigenvalue weighted by molar-refractivity contribution is -0.676. The molecule has 31 heavy (non-hydrogen) atoms. The van der Waals surface area contributed by atoms with E-state index in [0.29, 0.717) is 6.54 Å². The van der Waals surface area contributed by atoms with E-state index < -0.39 is 0 Å². The van der Waals surface area contributed by atoms with E-state index in [1.54, 1.807) is 14.2 Å². The van der Waals surface area contributed by atoms with Crippen LogP contribution in [0.1, 0.15) is 41.3 Å². The Balaban J connectivity index is 1.71. The van der Waals surface area contributed by atoms with Gasteiger partial charge in [0.1, 0.15) is 17.5 Å². The van der Waals surface area contributed by atoms with E-state index in [4.69, 9.17) is 9.47 Å². The highest BCUT2D eigenvalue weighted by atomic mass is 16.5. The molecule has 5 nitrogen and oxygen atoms in total. The first-order valence-corrected chi connectivity index (χ1v) is 10.5. The third kappa shape index (κ3) is 5.86. The molecule has 0 heterocycles. The molecule has 2 atom stereocenters. The molecule has 3 aromatic rings. The Morgan fingerprint density at radius 2 is 1.61 bits per heavy atom. The number of amides is 1. The molecule has 5 heteroatoms. The highest BCUT2D eigenvalue weighted by Crippen LogP contribution is 2.29. The maximum atomic E-state index is 12.8. The molecule has 0 fully saturated rings. The van der Waals surface area contributed by atoms with Gasteiger partial charge in [-0.2, -0.15) is 0 Å². The molecule has 0 spiro atoms. The van der Waals surface area contributed by atoms with Gasteiger partial charge in [0.2, 0.25) is 0 Å². The van der Waals surface area contributed by atoms with Crippen LogP contribution in [0, 0.1) is 6.92 Å². The second-order valence-corrected chi connectivity index (χ2v) is 7.64. The third-order valence-electron chi connectivity index (χ3n) is 5.41. The topological polar surface area (TPSA) is 64.2 Å². The van der Waals surface area contributed by atoms with Crippen LogP contribution in [0.4, 0.5) is 0 Å². The van der Waals surface area contributed by atoms with Crippen molar-refractivity contribution in [1.29, 1.82) is 0 Å². The Morgan fingerprint density at radius 3 is 2.26 bits per heavy atom. The van der Waals surface area contributed by atoms with Crippen molar-refractivity contribution < 1.29 is 19.6 Å². The van der Waals surface area contributed by atoms with Crippen molar-refractivity contribution in [3.63, 3.8) is 0 Å². The van der Waals surface area contributed by atoms with Crippen molar-refractivity contribution in [1.82, 2.24) is 5.32 Å². The number of ether oxygens (including phenoxy) is 2. The zero-order chi connectivity index (χ0) is 22.2. The first kappa shape index (κ1) is 22.4. The predicted octanol–water partition coefficient (Wildman–Crippen LogP) is 3.54. The molecule has 3 aromatic carbocycles. The number of carbonyl (C=O) groups is 1. The molecule has 1 amide bonds. The first-order chi connectivity index (χ1) is 15.0. The van der Waals surface area contributed by atoms with Crippen molar-refractivity contribution in [3.05, 3.63) is 95.1 Å². The summed E-state index contributed by atoms with van der Waals surface area (Å²) in [6.07, 6.45) is 0. The molecule has 3 rings (SSSR count). The molecule has 0 bridgehead atoms. The fourth-order valence-corrected chi connectivity index (χ4v) is 3.68. The van der Waals surface area contributed by atoms with Crippen LogP contribution in [0.2, 0.25) is 0 Å². The van der Waals surface area contributed by atoms with Gasteiger partial charge >= 0.3 is 0 Å². The van der Waals surface area contributed by atoms with Crippen LogP contribution in [0.25, 0.3) is 0 Å². The summed E-state index contributed by atoms with van der Waals surface area (Å²) in [5, 5.41) is 5.16. The van der Waals surface area contributed by atoms with Crippen LogP contribution >= 0.6 is 0 Å². The van der Waals surface area contributed by atoms with Crippen molar-refractivity contribution in [2.24, 2.45) is 0 Å². The van der Waals surface area contributed by atoms with E-state index in [-0.39, 0.29) is 18.0 Å². The van der Waals surface area contributed by atoms with Crippen molar-refractivity contribution in [2.75, 3.05) is 20.8 Å². The number of aryl methyl sites for hydroxylation is 1. The number of hydrogen-bond donors (Lipinski definition) is 2. The van der Waals surface area contributed by atoms with Gasteiger partial charge < -0.3 is 20.1 Å². The van der Waals surface area contributed by atoms with Crippen molar-refractivity contribution in [3.8, 4) is 11.5 Å². The fraction of sp³-hybridized carbons (Fsp3) is 0.269. The van der Waals surface area contributed by atoms with Crippen molar-refractivity contribution >= 4 is 5.91 Å². The summed E-state index contributed by atoms with van der Waals surface area (Å²) in [6.45, 7) is 4.33. The average Bonchev–Trinajstić information content (AvgIpc) is 2.80. The molecule has 0 aromatic heterocycles. The smallest absolute Gasteiger partial charge is 0.275 e. The molecule has 0 saturated heterocycles. The normalized spacial score (nSPS) is 12.6. The maximum Gasteiger partial charge on any atom is 0.275 e. The second-order valence-electron chi connectivity index (χ2n) is 7.64. The van der Waals surface area contributed by atoms with Gasteiger partial charge in [0, 0.05) is 16.7 Å². The molecule has 0 radical (unpaired) electrons. The summed E-state index contributed by atoms with van der Waals surface area (Å²) in [6, 6.07) is 24.2. The van der Waals surface area contributed by atoms with E-state index in [1.807, 2.05) is 43.3 Å². The maximum absolute atomic E-state index is 12.8. The minimum Gasteiger partial charge on any atom is -0.497 e. The molecule has 0 saturated carbocycles. The Hall–Kier alpha value is -3.31. The van der Waals surface area contributed by atoms with Crippen LogP contribution < -0.4 is 20.1 Å². The molecule has 162 valence electrons. The van der Waals surface area contributed by atoms with E-state index in [1.165, 1.54) is 16.7 Å². The summed E-state index contributed by atoms with van der Waals surface area (Å²) in [7, 11) is 3.25. The Morgan fingerprint density at radius 1 is 0.935 bits per heavy atom. The lowest BCUT2D eigenvalue weighted by atomic mass is 9.98. The molecular weight excluding hydrogens is 388 g/mol. The van der Waals surface area contributed by atoms with Crippen LogP contribution in [0.3, 0.4) is 0 Å². The third-order valence-corrected chi connectivity index (χ3v) is 5.41. The van der Waals surface area contributed by atoms with Gasteiger partial charge in [-0.1, -0.05) is 60.2 Å². The first-order valence-electron chi connectivity index (χ1n) is 10.5. The monoisotopic (exact) mass is 419 g/mol. The molecule has 0 unspecified atom stereocenters. The largest absolute Gasteiger partial charge is 0.497 e. The van der Waals surface area contributed by atoms with E-state index in [9.17, 15) is 4.79 Å². The standard InChI is InChI=1S/C26H30N2O3/c1-18-10-12-21(13-11-18)26(20-8-6-5-7-9-20)27-17-25(29)28-19(2)23-16-22(30-3)14-15-24(23)31-4/h5-16,19,26-27H,17H2,1-4H3,(H,28,29)/p+1/t19-,26-/m0/s1. The number of nitrogens with one attached hydrogen (secondary N) is 1. The van der Waals surface area contributed by atoms with E-state index in [0.717, 1.165) is 17.1 Å². The number of quaternary nitrogens is 1. The van der Waals surface area contributed by atoms with Gasteiger partial charge in [-0.3, -0.25) is 4.79 Å². The summed E-state index contributed by atoms with van der Waals surface area (Å²) in [5.41, 5.74) is 4.44. The van der Waals surface area contributed by atoms with Crippen LogP contribution in [-0.2, 0) is 4.79 Å². The minimum absolute atomic E-state index is 0.0367. The summed E-state index contributed by atoms with van der Waals surface area (Å²) >= 11 is 0. The number of methoxy groups -OCH3 is 2. The molecule has 3 N–H and O–H groups in total. The summed E-state index contributed by atoms with van der Waals surface area (Å²) < 4.78 is 10.8.